The van der Waals surface area contributed by atoms with Gasteiger partial charge in [-0.3, -0.25) is 4.99 Å². The Labute approximate surface area is 172 Å². The Balaban J connectivity index is 1.53. The van der Waals surface area contributed by atoms with E-state index in [1.807, 2.05) is 0 Å². The van der Waals surface area contributed by atoms with Gasteiger partial charge in [0.15, 0.2) is 0 Å². The summed E-state index contributed by atoms with van der Waals surface area (Å²) in [6.45, 7) is 4.54. The standard InChI is InChI=1S/C25H30N4/c1-2-22-23-14-19(17-10-12-26-13-11-17)7-9-24(23)29-25(22)18-4-3-5-20-15-21(8-6-18)28-16-27-20/h4,6-9,14,16-17,20,26,29H,2-3,5,10-13,15H2,1H3/b8-6-,18-4+. The van der Waals surface area contributed by atoms with Gasteiger partial charge in [0.05, 0.1) is 6.04 Å². The van der Waals surface area contributed by atoms with Crippen LogP contribution in [-0.4, -0.2) is 36.2 Å². The van der Waals surface area contributed by atoms with E-state index in [0.29, 0.717) is 12.0 Å². The number of rotatable bonds is 3. The van der Waals surface area contributed by atoms with Crippen molar-refractivity contribution in [2.75, 3.05) is 13.1 Å². The van der Waals surface area contributed by atoms with Gasteiger partial charge in [-0.15, -0.1) is 0 Å². The van der Waals surface area contributed by atoms with Gasteiger partial charge >= 0.3 is 0 Å². The van der Waals surface area contributed by atoms with E-state index in [2.05, 4.69) is 63.6 Å². The molecule has 0 saturated carbocycles. The zero-order chi connectivity index (χ0) is 19.6. The Hall–Kier alpha value is -2.46. The molecular weight excluding hydrogens is 356 g/mol. The largest absolute Gasteiger partial charge is 0.354 e. The van der Waals surface area contributed by atoms with Crippen molar-refractivity contribution in [1.82, 2.24) is 10.3 Å². The predicted octanol–water partition coefficient (Wildman–Crippen LogP) is 5.17. The molecule has 150 valence electrons. The molecule has 1 saturated heterocycles. The number of H-pyrrole nitrogens is 1. The maximum Gasteiger partial charge on any atom is 0.110 e. The number of aromatic amines is 1. The quantitative estimate of drug-likeness (QED) is 0.751. The van der Waals surface area contributed by atoms with Crippen LogP contribution in [-0.2, 0) is 6.42 Å². The SMILES string of the molecule is CCc1c(C2=C/CCC3CC(=NC=N3)/C=C\2)[nH]c2ccc(C3CCNCC3)cc12. The third-order valence-electron chi connectivity index (χ3n) is 6.65. The topological polar surface area (TPSA) is 52.5 Å². The molecule has 29 heavy (non-hydrogen) atoms. The van der Waals surface area contributed by atoms with E-state index in [9.17, 15) is 0 Å². The van der Waals surface area contributed by atoms with Gasteiger partial charge in [0, 0.05) is 28.7 Å². The first-order valence-electron chi connectivity index (χ1n) is 11.1. The highest BCUT2D eigenvalue weighted by Crippen LogP contribution is 2.34. The number of piperidine rings is 1. The fourth-order valence-electron chi connectivity index (χ4n) is 5.00. The zero-order valence-corrected chi connectivity index (χ0v) is 17.2. The lowest BCUT2D eigenvalue weighted by atomic mass is 9.89. The van der Waals surface area contributed by atoms with Gasteiger partial charge in [0.2, 0.25) is 0 Å². The third kappa shape index (κ3) is 3.74. The van der Waals surface area contributed by atoms with Crippen LogP contribution in [0.5, 0.6) is 0 Å². The van der Waals surface area contributed by atoms with Crippen molar-refractivity contribution >= 4 is 28.5 Å². The molecule has 0 amide bonds. The molecule has 2 aliphatic heterocycles. The molecule has 1 aromatic heterocycles. The van der Waals surface area contributed by atoms with Crippen molar-refractivity contribution in [2.24, 2.45) is 9.98 Å². The van der Waals surface area contributed by atoms with Crippen molar-refractivity contribution in [1.29, 1.82) is 0 Å². The van der Waals surface area contributed by atoms with Crippen LogP contribution in [0.3, 0.4) is 0 Å². The Morgan fingerprint density at radius 2 is 2.00 bits per heavy atom. The Morgan fingerprint density at radius 3 is 2.86 bits per heavy atom. The summed E-state index contributed by atoms with van der Waals surface area (Å²) in [6.07, 6.45) is 15.2. The second-order valence-corrected chi connectivity index (χ2v) is 8.47. The highest BCUT2D eigenvalue weighted by molar-refractivity contribution is 6.03. The molecule has 0 spiro atoms. The molecule has 5 rings (SSSR count). The number of allylic oxidation sites excluding steroid dienone is 4. The normalized spacial score (nSPS) is 25.6. The van der Waals surface area contributed by atoms with Crippen LogP contribution in [0.2, 0.25) is 0 Å². The molecule has 4 nitrogen and oxygen atoms in total. The number of aromatic nitrogens is 1. The van der Waals surface area contributed by atoms with Crippen LogP contribution in [0, 0.1) is 0 Å². The molecule has 0 radical (unpaired) electrons. The smallest absolute Gasteiger partial charge is 0.110 e. The Morgan fingerprint density at radius 1 is 1.10 bits per heavy atom. The lowest BCUT2D eigenvalue weighted by molar-refractivity contribution is 0.460. The van der Waals surface area contributed by atoms with Crippen molar-refractivity contribution < 1.29 is 0 Å². The molecule has 1 unspecified atom stereocenters. The van der Waals surface area contributed by atoms with Gasteiger partial charge in [0.1, 0.15) is 6.34 Å². The third-order valence-corrected chi connectivity index (χ3v) is 6.65. The number of hydrogen-bond donors (Lipinski definition) is 2. The second-order valence-electron chi connectivity index (χ2n) is 8.47. The maximum atomic E-state index is 4.53. The van der Waals surface area contributed by atoms with E-state index in [-0.39, 0.29) is 0 Å². The summed E-state index contributed by atoms with van der Waals surface area (Å²) in [5.41, 5.74) is 7.89. The molecule has 1 aromatic carbocycles. The number of aryl methyl sites for hydroxylation is 1. The van der Waals surface area contributed by atoms with Crippen LogP contribution >= 0.6 is 0 Å². The summed E-state index contributed by atoms with van der Waals surface area (Å²) >= 11 is 0. The van der Waals surface area contributed by atoms with Crippen molar-refractivity contribution in [3.05, 3.63) is 53.2 Å². The maximum absolute atomic E-state index is 4.53. The minimum Gasteiger partial charge on any atom is -0.354 e. The van der Waals surface area contributed by atoms with Crippen molar-refractivity contribution in [3.8, 4) is 0 Å². The summed E-state index contributed by atoms with van der Waals surface area (Å²) in [5, 5.41) is 4.88. The van der Waals surface area contributed by atoms with Gasteiger partial charge in [-0.25, -0.2) is 4.99 Å². The molecule has 3 heterocycles. The fourth-order valence-corrected chi connectivity index (χ4v) is 5.00. The first-order chi connectivity index (χ1) is 14.3. The first kappa shape index (κ1) is 18.6. The molecule has 3 aliphatic rings. The van der Waals surface area contributed by atoms with Crippen molar-refractivity contribution in [2.45, 2.75) is 57.4 Å². The summed E-state index contributed by atoms with van der Waals surface area (Å²) in [5.74, 6) is 0.685. The lowest BCUT2D eigenvalue weighted by Gasteiger charge is -2.23. The molecule has 1 atom stereocenters. The van der Waals surface area contributed by atoms with Gasteiger partial charge < -0.3 is 10.3 Å². The Kier molecular flexibility index (Phi) is 5.19. The summed E-state index contributed by atoms with van der Waals surface area (Å²) in [7, 11) is 0. The number of nitrogens with one attached hydrogen (secondary N) is 2. The van der Waals surface area contributed by atoms with Crippen LogP contribution in [0.4, 0.5) is 0 Å². The van der Waals surface area contributed by atoms with Crippen molar-refractivity contribution in [3.63, 3.8) is 0 Å². The molecular formula is C25H30N4. The molecule has 2 N–H and O–H groups in total. The number of fused-ring (bicyclic) bond motifs is 3. The van der Waals surface area contributed by atoms with E-state index in [0.717, 1.165) is 44.5 Å². The minimum absolute atomic E-state index is 0.378. The van der Waals surface area contributed by atoms with Gasteiger partial charge in [-0.05, 0) is 86.0 Å². The van der Waals surface area contributed by atoms with E-state index in [1.165, 1.54) is 46.1 Å². The Bertz CT molecular complexity index is 1010. The second kappa shape index (κ2) is 8.11. The van der Waals surface area contributed by atoms with Crippen LogP contribution in [0.15, 0.2) is 46.4 Å². The number of aliphatic imine (C=N–C) groups is 2. The van der Waals surface area contributed by atoms with Gasteiger partial charge in [0.25, 0.3) is 0 Å². The van der Waals surface area contributed by atoms with Gasteiger partial charge in [-0.1, -0.05) is 25.1 Å². The molecule has 1 fully saturated rings. The van der Waals surface area contributed by atoms with Crippen LogP contribution < -0.4 is 5.32 Å². The highest BCUT2D eigenvalue weighted by Gasteiger charge is 2.19. The summed E-state index contributed by atoms with van der Waals surface area (Å²) < 4.78 is 0. The van der Waals surface area contributed by atoms with Crippen LogP contribution in [0.1, 0.15) is 61.8 Å². The van der Waals surface area contributed by atoms with E-state index >= 15 is 0 Å². The fraction of sp³-hybridized carbons (Fsp3) is 0.440. The molecule has 2 bridgehead atoms. The zero-order valence-electron chi connectivity index (χ0n) is 17.2. The average Bonchev–Trinajstić information content (AvgIpc) is 3.16. The summed E-state index contributed by atoms with van der Waals surface area (Å²) in [6, 6.07) is 7.46. The number of hydrogen-bond acceptors (Lipinski definition) is 3. The van der Waals surface area contributed by atoms with E-state index in [1.54, 1.807) is 6.34 Å². The van der Waals surface area contributed by atoms with Gasteiger partial charge in [-0.2, -0.15) is 0 Å². The summed E-state index contributed by atoms with van der Waals surface area (Å²) in [4.78, 5) is 12.7. The molecule has 1 aliphatic carbocycles. The van der Waals surface area contributed by atoms with E-state index < -0.39 is 0 Å². The molecule has 2 aromatic rings. The minimum atomic E-state index is 0.378. The molecule has 4 heteroatoms. The lowest BCUT2D eigenvalue weighted by Crippen LogP contribution is -2.26. The average molecular weight is 387 g/mol. The monoisotopic (exact) mass is 386 g/mol. The highest BCUT2D eigenvalue weighted by atomic mass is 14.9. The number of benzene rings is 1. The first-order valence-corrected chi connectivity index (χ1v) is 11.1. The predicted molar refractivity (Wildman–Crippen MR) is 123 cm³/mol. The number of nitrogens with zero attached hydrogens (tertiary/aromatic N) is 2. The van der Waals surface area contributed by atoms with Crippen LogP contribution in [0.25, 0.3) is 16.5 Å². The van der Waals surface area contributed by atoms with E-state index in [4.69, 9.17) is 0 Å².